The Kier molecular flexibility index (Phi) is 1.47. The molecule has 1 amide bonds. The van der Waals surface area contributed by atoms with Crippen LogP contribution in [0.15, 0.2) is 0 Å². The van der Waals surface area contributed by atoms with Crippen LogP contribution in [0.3, 0.4) is 0 Å². The zero-order valence-electron chi connectivity index (χ0n) is 5.79. The minimum absolute atomic E-state index is 0.396. The summed E-state index contributed by atoms with van der Waals surface area (Å²) >= 11 is 0. The largest absolute Gasteiger partial charge is 0.274 e. The molecule has 1 rings (SSSR count). The minimum atomic E-state index is -3.32. The van der Waals surface area contributed by atoms with E-state index < -0.39 is 27.1 Å². The molecule has 1 aliphatic heterocycles. The molecule has 0 spiro atoms. The van der Waals surface area contributed by atoms with Gasteiger partial charge in [0.15, 0.2) is 0 Å². The number of carbonyl (C=O) groups excluding carboxylic acids is 1. The molecule has 5 heteroatoms. The lowest BCUT2D eigenvalue weighted by Crippen LogP contribution is -2.23. The Morgan fingerprint density at radius 3 is 2.00 bits per heavy atom. The van der Waals surface area contributed by atoms with Crippen LogP contribution < -0.4 is 4.72 Å². The van der Waals surface area contributed by atoms with Gasteiger partial charge in [-0.1, -0.05) is 6.92 Å². The van der Waals surface area contributed by atoms with Gasteiger partial charge in [-0.3, -0.25) is 9.52 Å². The fourth-order valence-corrected chi connectivity index (χ4v) is 2.12. The monoisotopic (exact) mass is 163 g/mol. The van der Waals surface area contributed by atoms with Crippen LogP contribution in [0.5, 0.6) is 0 Å². The minimum Gasteiger partial charge on any atom is -0.274 e. The van der Waals surface area contributed by atoms with Crippen molar-refractivity contribution in [2.24, 2.45) is 5.92 Å². The van der Waals surface area contributed by atoms with Gasteiger partial charge < -0.3 is 0 Å². The molecule has 0 radical (unpaired) electrons. The van der Waals surface area contributed by atoms with E-state index in [2.05, 4.69) is 0 Å². The van der Waals surface area contributed by atoms with Gasteiger partial charge >= 0.3 is 0 Å². The van der Waals surface area contributed by atoms with Crippen molar-refractivity contribution in [1.29, 1.82) is 0 Å². The topological polar surface area (TPSA) is 63.2 Å². The van der Waals surface area contributed by atoms with Gasteiger partial charge in [0.25, 0.3) is 0 Å². The molecule has 1 N–H and O–H groups in total. The van der Waals surface area contributed by atoms with E-state index in [0.29, 0.717) is 0 Å². The first-order chi connectivity index (χ1) is 4.45. The van der Waals surface area contributed by atoms with E-state index in [4.69, 9.17) is 0 Å². The number of amides is 1. The Balaban J connectivity index is 3.04. The molecule has 0 aliphatic carbocycles. The smallest absolute Gasteiger partial charge is 0.238 e. The van der Waals surface area contributed by atoms with Gasteiger partial charge in [-0.15, -0.1) is 0 Å². The van der Waals surface area contributed by atoms with Crippen molar-refractivity contribution >= 4 is 15.9 Å². The van der Waals surface area contributed by atoms with Gasteiger partial charge in [0.05, 0.1) is 11.2 Å². The molecule has 2 atom stereocenters. The second-order valence-corrected chi connectivity index (χ2v) is 4.54. The highest BCUT2D eigenvalue weighted by Gasteiger charge is 2.39. The Morgan fingerprint density at radius 2 is 1.90 bits per heavy atom. The summed E-state index contributed by atoms with van der Waals surface area (Å²) in [6.45, 7) is 3.13. The first-order valence-electron chi connectivity index (χ1n) is 3.00. The van der Waals surface area contributed by atoms with Crippen molar-refractivity contribution in [3.63, 3.8) is 0 Å². The molecule has 0 saturated carbocycles. The molecule has 0 aromatic rings. The number of hydrogen-bond acceptors (Lipinski definition) is 3. The zero-order chi connectivity index (χ0) is 7.94. The second-order valence-electron chi connectivity index (χ2n) is 2.51. The van der Waals surface area contributed by atoms with Crippen LogP contribution in [0.2, 0.25) is 0 Å². The zero-order valence-corrected chi connectivity index (χ0v) is 6.60. The number of sulfonamides is 1. The fourth-order valence-electron chi connectivity index (χ4n) is 0.808. The van der Waals surface area contributed by atoms with Crippen LogP contribution in [0.1, 0.15) is 13.8 Å². The highest BCUT2D eigenvalue weighted by Crippen LogP contribution is 2.18. The van der Waals surface area contributed by atoms with Gasteiger partial charge in [-0.2, -0.15) is 0 Å². The molecular weight excluding hydrogens is 154 g/mol. The van der Waals surface area contributed by atoms with Crippen molar-refractivity contribution in [2.75, 3.05) is 0 Å². The lowest BCUT2D eigenvalue weighted by molar-refractivity contribution is -0.121. The molecule has 0 aromatic heterocycles. The summed E-state index contributed by atoms with van der Waals surface area (Å²) in [5.74, 6) is -0.808. The first-order valence-corrected chi connectivity index (χ1v) is 4.55. The maximum Gasteiger partial charge on any atom is 0.238 e. The maximum absolute atomic E-state index is 10.9. The van der Waals surface area contributed by atoms with E-state index >= 15 is 0 Å². The number of rotatable bonds is 0. The van der Waals surface area contributed by atoms with Gasteiger partial charge in [-0.05, 0) is 6.92 Å². The second kappa shape index (κ2) is 1.95. The van der Waals surface area contributed by atoms with Crippen molar-refractivity contribution in [1.82, 2.24) is 4.72 Å². The van der Waals surface area contributed by atoms with E-state index in [0.717, 1.165) is 0 Å². The third-order valence-corrected chi connectivity index (χ3v) is 3.72. The average Bonchev–Trinajstić information content (AvgIpc) is 1.95. The molecule has 0 aromatic carbocycles. The van der Waals surface area contributed by atoms with Crippen molar-refractivity contribution in [2.45, 2.75) is 19.1 Å². The molecule has 1 heterocycles. The predicted molar refractivity (Wildman–Crippen MR) is 35.7 cm³/mol. The van der Waals surface area contributed by atoms with Crippen LogP contribution >= 0.6 is 0 Å². The summed E-state index contributed by atoms with van der Waals surface area (Å²) in [5, 5.41) is -0.583. The average molecular weight is 163 g/mol. The highest BCUT2D eigenvalue weighted by atomic mass is 32.2. The fraction of sp³-hybridized carbons (Fsp3) is 0.800. The summed E-state index contributed by atoms with van der Waals surface area (Å²) in [6.07, 6.45) is 0. The molecule has 0 bridgehead atoms. The summed E-state index contributed by atoms with van der Waals surface area (Å²) in [5.41, 5.74) is 0. The van der Waals surface area contributed by atoms with E-state index in [1.807, 2.05) is 4.72 Å². The van der Waals surface area contributed by atoms with Crippen LogP contribution in [-0.2, 0) is 14.8 Å². The molecule has 58 valence electrons. The number of nitrogens with one attached hydrogen (secondary N) is 1. The van der Waals surface area contributed by atoms with E-state index in [1.54, 1.807) is 6.92 Å². The molecule has 0 unspecified atom stereocenters. The van der Waals surface area contributed by atoms with E-state index in [9.17, 15) is 13.2 Å². The van der Waals surface area contributed by atoms with Gasteiger partial charge in [0, 0.05) is 0 Å². The lowest BCUT2D eigenvalue weighted by Gasteiger charge is -2.00. The van der Waals surface area contributed by atoms with Crippen LogP contribution in [0.25, 0.3) is 0 Å². The number of hydrogen-bond donors (Lipinski definition) is 1. The number of carbonyl (C=O) groups is 1. The lowest BCUT2D eigenvalue weighted by atomic mass is 10.1. The summed E-state index contributed by atoms with van der Waals surface area (Å²) in [6, 6.07) is 0. The van der Waals surface area contributed by atoms with Gasteiger partial charge in [0.1, 0.15) is 0 Å². The third-order valence-electron chi connectivity index (χ3n) is 1.85. The van der Waals surface area contributed by atoms with Crippen molar-refractivity contribution in [3.05, 3.63) is 0 Å². The molecule has 4 nitrogen and oxygen atoms in total. The predicted octanol–water partition coefficient (Wildman–Crippen LogP) is -0.529. The SMILES string of the molecule is C[C@@H]1C(=O)NS(=O)(=O)[C@@H]1C. The van der Waals surface area contributed by atoms with Crippen LogP contribution in [-0.4, -0.2) is 19.6 Å². The quantitative estimate of drug-likeness (QED) is 0.522. The first kappa shape index (κ1) is 7.53. The molecular formula is C5H9NO3S. The summed E-state index contributed by atoms with van der Waals surface area (Å²) in [7, 11) is -3.32. The Morgan fingerprint density at radius 1 is 1.40 bits per heavy atom. The van der Waals surface area contributed by atoms with E-state index in [1.165, 1.54) is 6.92 Å². The molecule has 10 heavy (non-hydrogen) atoms. The highest BCUT2D eigenvalue weighted by molar-refractivity contribution is 7.91. The Labute approximate surface area is 59.7 Å². The van der Waals surface area contributed by atoms with Crippen LogP contribution in [0, 0.1) is 5.92 Å². The summed E-state index contributed by atoms with van der Waals surface area (Å²) in [4.78, 5) is 10.7. The standard InChI is InChI=1S/C5H9NO3S/c1-3-4(2)10(8,9)6-5(3)7/h3-4H,1-2H3,(H,6,7)/t3-,4+/m0/s1. The van der Waals surface area contributed by atoms with Crippen molar-refractivity contribution in [3.8, 4) is 0 Å². The third kappa shape index (κ3) is 0.901. The Bertz CT molecular complexity index is 256. The van der Waals surface area contributed by atoms with Gasteiger partial charge in [-0.25, -0.2) is 8.42 Å². The Hall–Kier alpha value is -0.580. The van der Waals surface area contributed by atoms with Crippen LogP contribution in [0.4, 0.5) is 0 Å². The van der Waals surface area contributed by atoms with E-state index in [-0.39, 0.29) is 0 Å². The van der Waals surface area contributed by atoms with Gasteiger partial charge in [0.2, 0.25) is 15.9 Å². The maximum atomic E-state index is 10.9. The summed E-state index contributed by atoms with van der Waals surface area (Å²) < 4.78 is 23.6. The molecule has 1 aliphatic rings. The molecule has 1 saturated heterocycles. The van der Waals surface area contributed by atoms with Crippen molar-refractivity contribution < 1.29 is 13.2 Å². The molecule has 1 fully saturated rings. The normalized spacial score (nSPS) is 37.6.